The zero-order chi connectivity index (χ0) is 30.2. The minimum absolute atomic E-state index is 0.0965. The molecule has 2 radical (unpaired) electrons. The number of hydrogen-bond donors (Lipinski definition) is 1. The Bertz CT molecular complexity index is 1280. The lowest BCUT2D eigenvalue weighted by Crippen LogP contribution is -2.28. The van der Waals surface area contributed by atoms with Crippen molar-refractivity contribution in [1.82, 2.24) is 0 Å². The summed E-state index contributed by atoms with van der Waals surface area (Å²) in [5.41, 5.74) is -1.05. The van der Waals surface area contributed by atoms with Crippen LogP contribution in [0.15, 0.2) is 60.7 Å². The Hall–Kier alpha value is -2.30. The fraction of sp³-hybridized carbons (Fsp3) is 0.500. The number of benzene rings is 2. The van der Waals surface area contributed by atoms with E-state index in [-0.39, 0.29) is 32.1 Å². The molecule has 0 aliphatic carbocycles. The van der Waals surface area contributed by atoms with Gasteiger partial charge in [-0.25, -0.2) is 14.2 Å². The minimum Gasteiger partial charge on any atom is -0.454 e. The molecule has 11 nitrogen and oxygen atoms in total. The fourth-order valence-corrected chi connectivity index (χ4v) is 7.52. The molecule has 2 aromatic rings. The van der Waals surface area contributed by atoms with Crippen LogP contribution in [0.3, 0.4) is 0 Å². The summed E-state index contributed by atoms with van der Waals surface area (Å²) in [6, 6.07) is 17.2. The zero-order valence-electron chi connectivity index (χ0n) is 23.3. The first-order valence-corrected chi connectivity index (χ1v) is 17.1. The Kier molecular flexibility index (Phi) is 11.6. The van der Waals surface area contributed by atoms with Gasteiger partial charge in [0.15, 0.2) is 0 Å². The van der Waals surface area contributed by atoms with Crippen molar-refractivity contribution in [2.75, 3.05) is 19.4 Å². The van der Waals surface area contributed by atoms with Crippen molar-refractivity contribution in [3.05, 3.63) is 71.8 Å². The quantitative estimate of drug-likeness (QED) is 0.208. The van der Waals surface area contributed by atoms with Crippen molar-refractivity contribution < 1.29 is 51.6 Å². The van der Waals surface area contributed by atoms with Crippen LogP contribution in [-0.4, -0.2) is 67.9 Å². The maximum atomic E-state index is 14.1. The third kappa shape index (κ3) is 9.35. The van der Waals surface area contributed by atoms with E-state index in [4.69, 9.17) is 35.8 Å². The van der Waals surface area contributed by atoms with Crippen molar-refractivity contribution in [1.29, 1.82) is 0 Å². The molecule has 4 rings (SSSR count). The van der Waals surface area contributed by atoms with Gasteiger partial charge in [-0.3, -0.25) is 9.09 Å². The Morgan fingerprint density at radius 1 is 0.881 bits per heavy atom. The molecule has 2 aromatic carbocycles. The van der Waals surface area contributed by atoms with E-state index in [0.29, 0.717) is 30.4 Å². The predicted octanol–water partition coefficient (Wildman–Crippen LogP) is 5.62. The van der Waals surface area contributed by atoms with Crippen molar-refractivity contribution in [2.24, 2.45) is 5.92 Å². The molecule has 2 fully saturated rings. The molecular weight excluding hydrogens is 585 g/mol. The Balaban J connectivity index is 1.39. The van der Waals surface area contributed by atoms with Gasteiger partial charge in [0.1, 0.15) is 21.1 Å². The van der Waals surface area contributed by atoms with Crippen LogP contribution in [0.1, 0.15) is 37.3 Å². The first kappa shape index (κ1) is 32.6. The van der Waals surface area contributed by atoms with E-state index in [0.717, 1.165) is 0 Å². The Morgan fingerprint density at radius 3 is 2.05 bits per heavy atom. The molecule has 0 saturated carbocycles. The molecule has 14 heteroatoms. The molecular formula is C28H35BO11P2. The predicted molar refractivity (Wildman–Crippen MR) is 154 cm³/mol. The summed E-state index contributed by atoms with van der Waals surface area (Å²) in [5.74, 6) is -0.567. The highest BCUT2D eigenvalue weighted by Gasteiger charge is 2.45. The zero-order valence-corrected chi connectivity index (χ0v) is 25.1. The molecule has 2 aliphatic rings. The van der Waals surface area contributed by atoms with Crippen molar-refractivity contribution >= 4 is 34.2 Å². The molecule has 42 heavy (non-hydrogen) atoms. The fourth-order valence-electron chi connectivity index (χ4n) is 4.80. The van der Waals surface area contributed by atoms with E-state index >= 15 is 0 Å². The summed E-state index contributed by atoms with van der Waals surface area (Å²) in [4.78, 5) is 35.7. The van der Waals surface area contributed by atoms with E-state index in [1.54, 1.807) is 61.5 Å². The minimum atomic E-state index is -4.83. The summed E-state index contributed by atoms with van der Waals surface area (Å²) in [6.45, 7) is 0.889. The maximum Gasteiger partial charge on any atom is 0.435 e. The molecule has 226 valence electrons. The van der Waals surface area contributed by atoms with E-state index in [1.807, 2.05) is 6.07 Å². The van der Waals surface area contributed by atoms with Crippen LogP contribution in [0.4, 0.5) is 9.59 Å². The van der Waals surface area contributed by atoms with Gasteiger partial charge in [-0.2, -0.15) is 0 Å². The second kappa shape index (κ2) is 14.9. The highest BCUT2D eigenvalue weighted by Crippen LogP contribution is 2.54. The first-order chi connectivity index (χ1) is 20.0. The lowest BCUT2D eigenvalue weighted by atomic mass is 9.97. The summed E-state index contributed by atoms with van der Waals surface area (Å²) in [5, 5.41) is 0. The topological polar surface area (TPSA) is 144 Å². The van der Waals surface area contributed by atoms with E-state index in [2.05, 4.69) is 0 Å². The van der Waals surface area contributed by atoms with E-state index < -0.39 is 57.1 Å². The van der Waals surface area contributed by atoms with Crippen molar-refractivity contribution in [3.8, 4) is 0 Å². The van der Waals surface area contributed by atoms with Gasteiger partial charge >= 0.3 is 26.4 Å². The van der Waals surface area contributed by atoms with Gasteiger partial charge in [-0.1, -0.05) is 60.7 Å². The van der Waals surface area contributed by atoms with Crippen molar-refractivity contribution in [3.63, 3.8) is 0 Å². The Morgan fingerprint density at radius 2 is 1.48 bits per heavy atom. The van der Waals surface area contributed by atoms with Gasteiger partial charge in [0, 0.05) is 12.2 Å². The first-order valence-electron chi connectivity index (χ1n) is 13.7. The summed E-state index contributed by atoms with van der Waals surface area (Å²) in [7, 11) is -3.14. The molecule has 0 amide bonds. The van der Waals surface area contributed by atoms with Crippen molar-refractivity contribution in [2.45, 2.75) is 63.7 Å². The maximum absolute atomic E-state index is 14.1. The second-order valence-corrected chi connectivity index (χ2v) is 14.4. The van der Waals surface area contributed by atoms with Gasteiger partial charge in [0.05, 0.1) is 31.5 Å². The van der Waals surface area contributed by atoms with Gasteiger partial charge in [-0.15, -0.1) is 0 Å². The third-order valence-electron chi connectivity index (χ3n) is 6.98. The molecule has 1 N–H and O–H groups in total. The second-order valence-electron chi connectivity index (χ2n) is 10.4. The summed E-state index contributed by atoms with van der Waals surface area (Å²) >= 11 is 0. The number of ether oxygens (including phenoxy) is 4. The van der Waals surface area contributed by atoms with Crippen LogP contribution in [0.5, 0.6) is 0 Å². The van der Waals surface area contributed by atoms with Gasteiger partial charge in [0.2, 0.25) is 0 Å². The number of carbonyl (C=O) groups is 2. The van der Waals surface area contributed by atoms with Gasteiger partial charge < -0.3 is 28.4 Å². The van der Waals surface area contributed by atoms with Crippen LogP contribution in [0.2, 0.25) is 0 Å². The lowest BCUT2D eigenvalue weighted by molar-refractivity contribution is 0.0125. The third-order valence-corrected chi connectivity index (χ3v) is 10.3. The molecule has 2 saturated heterocycles. The molecule has 7 atom stereocenters. The molecule has 0 bridgehead atoms. The standard InChI is InChI=1S/C28H35BO11P2/c1-20-14-23(25(39-20)18-38-42(33,34)28(31)36-16-22-10-6-3-7-11-22)19-41(32,37-17-24-12-13-26(29)40-24)27(30)35-15-21-8-4-2-5-9-21/h2-11,20,23-26H,12-19H2,1H3,(H,33,34)/t20-,23?,24-,25+,26+,41?/m0/s1. The SMILES string of the molecule is [B][C@H]1CC[C@@H](COP(=O)(CC2C[C@H](C)O[C@@H]2COP(=O)(O)C(=O)OCc2ccccc2)C(=O)OCc2ccccc2)O1. The summed E-state index contributed by atoms with van der Waals surface area (Å²) < 4.78 is 59.2. The average Bonchev–Trinajstić information content (AvgIpc) is 3.57. The normalized spacial score (nSPS) is 26.7. The monoisotopic (exact) mass is 620 g/mol. The highest BCUT2D eigenvalue weighted by molar-refractivity contribution is 7.75. The lowest BCUT2D eigenvalue weighted by Gasteiger charge is -2.25. The molecule has 3 unspecified atom stereocenters. The molecule has 0 spiro atoms. The largest absolute Gasteiger partial charge is 0.454 e. The van der Waals surface area contributed by atoms with Crippen LogP contribution in [0.25, 0.3) is 0 Å². The Labute approximate surface area is 246 Å². The van der Waals surface area contributed by atoms with Crippen LogP contribution >= 0.6 is 15.0 Å². The summed E-state index contributed by atoms with van der Waals surface area (Å²) in [6.07, 6.45) is -0.298. The van der Waals surface area contributed by atoms with E-state index in [1.165, 1.54) is 0 Å². The van der Waals surface area contributed by atoms with Crippen LogP contribution < -0.4 is 0 Å². The van der Waals surface area contributed by atoms with Gasteiger partial charge in [-0.05, 0) is 43.2 Å². The smallest absolute Gasteiger partial charge is 0.435 e. The average molecular weight is 620 g/mol. The highest BCUT2D eigenvalue weighted by atomic mass is 31.2. The molecule has 2 heterocycles. The van der Waals surface area contributed by atoms with Crippen LogP contribution in [-0.2, 0) is 50.3 Å². The van der Waals surface area contributed by atoms with Gasteiger partial charge in [0.25, 0.3) is 0 Å². The number of hydrogen-bond acceptors (Lipinski definition) is 10. The number of rotatable bonds is 14. The van der Waals surface area contributed by atoms with E-state index in [9.17, 15) is 23.6 Å². The number of carbonyl (C=O) groups excluding carboxylic acids is 2. The van der Waals surface area contributed by atoms with Crippen LogP contribution in [0, 0.1) is 5.92 Å². The molecule has 0 aromatic heterocycles. The molecule has 2 aliphatic heterocycles.